The van der Waals surface area contributed by atoms with Crippen LogP contribution in [0, 0.1) is 0 Å². The van der Waals surface area contributed by atoms with Crippen LogP contribution in [0.1, 0.15) is 5.56 Å². The van der Waals surface area contributed by atoms with Crippen LogP contribution in [-0.2, 0) is 5.25 Å². The number of hydrogen-bond acceptors (Lipinski definition) is 3. The van der Waals surface area contributed by atoms with Crippen molar-refractivity contribution in [3.8, 4) is 5.75 Å². The highest BCUT2D eigenvalue weighted by molar-refractivity contribution is 7.99. The fourth-order valence-electron chi connectivity index (χ4n) is 0.807. The van der Waals surface area contributed by atoms with Crippen molar-refractivity contribution >= 4 is 11.8 Å². The highest BCUT2D eigenvalue weighted by Gasteiger charge is 2.30. The molecule has 0 spiro atoms. The maximum Gasteiger partial charge on any atom is 0.320 e. The van der Waals surface area contributed by atoms with E-state index in [2.05, 4.69) is 4.98 Å². The van der Waals surface area contributed by atoms with Crippen molar-refractivity contribution in [1.82, 2.24) is 4.98 Å². The molecule has 0 amide bonds. The predicted octanol–water partition coefficient (Wildman–Crippen LogP) is 2.50. The summed E-state index contributed by atoms with van der Waals surface area (Å²) in [5.74, 6) is 0.339. The van der Waals surface area contributed by atoms with E-state index >= 15 is 0 Å². The van der Waals surface area contributed by atoms with Crippen LogP contribution in [0.4, 0.5) is 8.78 Å². The van der Waals surface area contributed by atoms with Gasteiger partial charge in [0.2, 0.25) is 0 Å². The van der Waals surface area contributed by atoms with Gasteiger partial charge in [-0.25, -0.2) is 0 Å². The molecule has 0 fully saturated rings. The molecular formula is C8H9F2NOS. The zero-order chi connectivity index (χ0) is 9.90. The summed E-state index contributed by atoms with van der Waals surface area (Å²) in [6, 6.07) is 1.28. The van der Waals surface area contributed by atoms with E-state index in [4.69, 9.17) is 4.74 Å². The normalized spacial score (nSPS) is 11.4. The first-order chi connectivity index (χ1) is 6.10. The molecular weight excluding hydrogens is 196 g/mol. The van der Waals surface area contributed by atoms with Crippen molar-refractivity contribution in [1.29, 1.82) is 0 Å². The van der Waals surface area contributed by atoms with Gasteiger partial charge in [0.1, 0.15) is 5.75 Å². The molecule has 0 N–H and O–H groups in total. The lowest BCUT2D eigenvalue weighted by Gasteiger charge is -2.13. The zero-order valence-corrected chi connectivity index (χ0v) is 8.07. The molecule has 5 heteroatoms. The number of nitrogens with zero attached hydrogens (tertiary/aromatic N) is 1. The van der Waals surface area contributed by atoms with E-state index in [-0.39, 0.29) is 5.56 Å². The largest absolute Gasteiger partial charge is 0.495 e. The van der Waals surface area contributed by atoms with Crippen LogP contribution in [0.2, 0.25) is 0 Å². The topological polar surface area (TPSA) is 22.1 Å². The van der Waals surface area contributed by atoms with Crippen LogP contribution in [-0.4, -0.2) is 18.3 Å². The molecule has 1 aromatic rings. The molecule has 13 heavy (non-hydrogen) atoms. The third-order valence-corrected chi connectivity index (χ3v) is 2.29. The van der Waals surface area contributed by atoms with Gasteiger partial charge in [-0.3, -0.25) is 4.98 Å². The summed E-state index contributed by atoms with van der Waals surface area (Å²) in [6.45, 7) is 0. The third kappa shape index (κ3) is 2.30. The van der Waals surface area contributed by atoms with Gasteiger partial charge in [0.15, 0.2) is 0 Å². The Kier molecular flexibility index (Phi) is 3.08. The lowest BCUT2D eigenvalue weighted by Crippen LogP contribution is -2.07. The molecule has 0 unspecified atom stereocenters. The Balaban J connectivity index is 3.01. The van der Waals surface area contributed by atoms with Gasteiger partial charge in [0.25, 0.3) is 0 Å². The molecule has 0 aromatic carbocycles. The maximum absolute atomic E-state index is 13.1. The standard InChI is InChI=1S/C8H9F2NOS/c1-12-7-3-6(4-11-5-7)8(9,10)13-2/h3-5H,1-2H3. The van der Waals surface area contributed by atoms with E-state index < -0.39 is 5.25 Å². The molecule has 1 aromatic heterocycles. The van der Waals surface area contributed by atoms with Crippen LogP contribution >= 0.6 is 11.8 Å². The first kappa shape index (κ1) is 10.2. The van der Waals surface area contributed by atoms with E-state index in [1.54, 1.807) is 0 Å². The first-order valence-electron chi connectivity index (χ1n) is 3.52. The third-order valence-electron chi connectivity index (χ3n) is 1.54. The van der Waals surface area contributed by atoms with Crippen molar-refractivity contribution in [3.05, 3.63) is 24.0 Å². The number of alkyl halides is 2. The van der Waals surface area contributed by atoms with Crippen molar-refractivity contribution < 1.29 is 13.5 Å². The molecule has 1 heterocycles. The number of rotatable bonds is 3. The molecule has 1 rings (SSSR count). The lowest BCUT2D eigenvalue weighted by molar-refractivity contribution is 0.105. The number of hydrogen-bond donors (Lipinski definition) is 0. The number of thioether (sulfide) groups is 1. The van der Waals surface area contributed by atoms with Crippen molar-refractivity contribution in [2.75, 3.05) is 13.4 Å². The summed E-state index contributed by atoms with van der Waals surface area (Å²) < 4.78 is 30.9. The van der Waals surface area contributed by atoms with Gasteiger partial charge in [0.05, 0.1) is 18.9 Å². The Morgan fingerprint density at radius 3 is 2.69 bits per heavy atom. The van der Waals surface area contributed by atoms with E-state index in [0.29, 0.717) is 17.5 Å². The predicted molar refractivity (Wildman–Crippen MR) is 48.2 cm³/mol. The Labute approximate surface area is 79.3 Å². The summed E-state index contributed by atoms with van der Waals surface area (Å²) in [6.07, 6.45) is 3.87. The second kappa shape index (κ2) is 3.91. The highest BCUT2D eigenvalue weighted by Crippen LogP contribution is 2.38. The Morgan fingerprint density at radius 1 is 1.46 bits per heavy atom. The number of ether oxygens (including phenoxy) is 1. The Bertz CT molecular complexity index is 293. The fraction of sp³-hybridized carbons (Fsp3) is 0.375. The highest BCUT2D eigenvalue weighted by atomic mass is 32.2. The van der Waals surface area contributed by atoms with Crippen molar-refractivity contribution in [2.24, 2.45) is 0 Å². The molecule has 72 valence electrons. The van der Waals surface area contributed by atoms with Gasteiger partial charge in [-0.15, -0.1) is 0 Å². The fourth-order valence-corrected chi connectivity index (χ4v) is 1.15. The molecule has 0 atom stereocenters. The second-order valence-electron chi connectivity index (χ2n) is 2.33. The number of pyridine rings is 1. The smallest absolute Gasteiger partial charge is 0.320 e. The zero-order valence-electron chi connectivity index (χ0n) is 7.25. The van der Waals surface area contributed by atoms with Crippen LogP contribution in [0.3, 0.4) is 0 Å². The Hall–Kier alpha value is -0.840. The van der Waals surface area contributed by atoms with Gasteiger partial charge < -0.3 is 4.74 Å². The SMILES string of the molecule is COc1cncc(C(F)(F)SC)c1. The molecule has 0 aliphatic rings. The number of halogens is 2. The van der Waals surface area contributed by atoms with Gasteiger partial charge in [-0.05, 0) is 12.3 Å². The number of aromatic nitrogens is 1. The molecule has 0 bridgehead atoms. The second-order valence-corrected chi connectivity index (χ2v) is 3.26. The van der Waals surface area contributed by atoms with E-state index in [1.807, 2.05) is 0 Å². The van der Waals surface area contributed by atoms with Gasteiger partial charge >= 0.3 is 5.25 Å². The lowest BCUT2D eigenvalue weighted by atomic mass is 10.3. The minimum absolute atomic E-state index is 0.139. The van der Waals surface area contributed by atoms with Crippen molar-refractivity contribution in [2.45, 2.75) is 5.25 Å². The average Bonchev–Trinajstić information content (AvgIpc) is 2.18. The monoisotopic (exact) mass is 205 g/mol. The quantitative estimate of drug-likeness (QED) is 0.757. The molecule has 0 aliphatic heterocycles. The van der Waals surface area contributed by atoms with Gasteiger partial charge in [-0.1, -0.05) is 11.8 Å². The van der Waals surface area contributed by atoms with Gasteiger partial charge in [0, 0.05) is 6.20 Å². The van der Waals surface area contributed by atoms with E-state index in [9.17, 15) is 8.78 Å². The van der Waals surface area contributed by atoms with Crippen LogP contribution in [0.15, 0.2) is 18.5 Å². The van der Waals surface area contributed by atoms with Crippen molar-refractivity contribution in [3.63, 3.8) is 0 Å². The van der Waals surface area contributed by atoms with E-state index in [1.165, 1.54) is 25.6 Å². The molecule has 0 radical (unpaired) electrons. The van der Waals surface area contributed by atoms with E-state index in [0.717, 1.165) is 6.20 Å². The molecule has 2 nitrogen and oxygen atoms in total. The first-order valence-corrected chi connectivity index (χ1v) is 4.75. The Morgan fingerprint density at radius 2 is 2.15 bits per heavy atom. The average molecular weight is 205 g/mol. The van der Waals surface area contributed by atoms with Crippen LogP contribution in [0.25, 0.3) is 0 Å². The van der Waals surface area contributed by atoms with Gasteiger partial charge in [-0.2, -0.15) is 8.78 Å². The summed E-state index contributed by atoms with van der Waals surface area (Å²) in [5, 5.41) is -2.90. The van der Waals surface area contributed by atoms with Crippen LogP contribution in [0.5, 0.6) is 5.75 Å². The molecule has 0 saturated carbocycles. The molecule has 0 saturated heterocycles. The minimum atomic E-state index is -2.90. The maximum atomic E-state index is 13.1. The summed E-state index contributed by atoms with van der Waals surface area (Å²) in [4.78, 5) is 3.65. The summed E-state index contributed by atoms with van der Waals surface area (Å²) in [5.41, 5.74) is -0.139. The molecule has 0 aliphatic carbocycles. The number of methoxy groups -OCH3 is 1. The van der Waals surface area contributed by atoms with Crippen LogP contribution < -0.4 is 4.74 Å². The summed E-state index contributed by atoms with van der Waals surface area (Å²) >= 11 is 0.470. The minimum Gasteiger partial charge on any atom is -0.495 e. The summed E-state index contributed by atoms with van der Waals surface area (Å²) in [7, 11) is 1.41.